The second-order valence-corrected chi connectivity index (χ2v) is 11.6. The smallest absolute Gasteiger partial charge is 0.0593 e. The lowest BCUT2D eigenvalue weighted by Crippen LogP contribution is -2.26. The molecule has 2 heteroatoms. The molecule has 2 nitrogen and oxygen atoms in total. The summed E-state index contributed by atoms with van der Waals surface area (Å²) in [6, 6.07) is 0. The van der Waals surface area contributed by atoms with Gasteiger partial charge >= 0.3 is 0 Å². The van der Waals surface area contributed by atoms with Crippen LogP contribution in [0.25, 0.3) is 0 Å². The summed E-state index contributed by atoms with van der Waals surface area (Å²) < 4.78 is 6.08. The van der Waals surface area contributed by atoms with Gasteiger partial charge in [0.05, 0.1) is 6.61 Å². The lowest BCUT2D eigenvalue weighted by atomic mass is 9.91. The molecule has 0 fully saturated rings. The van der Waals surface area contributed by atoms with Gasteiger partial charge < -0.3 is 9.64 Å². The summed E-state index contributed by atoms with van der Waals surface area (Å²) in [5.74, 6) is 1.88. The van der Waals surface area contributed by atoms with Crippen LogP contribution < -0.4 is 0 Å². The number of hydrogen-bond donors (Lipinski definition) is 0. The van der Waals surface area contributed by atoms with Crippen LogP contribution in [-0.2, 0) is 4.74 Å². The molecule has 0 bridgehead atoms. The second-order valence-electron chi connectivity index (χ2n) is 11.6. The van der Waals surface area contributed by atoms with Crippen molar-refractivity contribution in [1.82, 2.24) is 4.90 Å². The largest absolute Gasteiger partial charge is 0.380 e. The maximum atomic E-state index is 6.08. The van der Waals surface area contributed by atoms with Gasteiger partial charge in [0.25, 0.3) is 0 Å². The molecule has 0 aromatic rings. The summed E-state index contributed by atoms with van der Waals surface area (Å²) in [6.45, 7) is 13.5. The molecule has 35 heavy (non-hydrogen) atoms. The minimum Gasteiger partial charge on any atom is -0.380 e. The second kappa shape index (κ2) is 28.5. The molecule has 212 valence electrons. The average molecular weight is 496 g/mol. The Kier molecular flexibility index (Phi) is 28.4. The van der Waals surface area contributed by atoms with Crippen molar-refractivity contribution in [3.8, 4) is 0 Å². The first kappa shape index (κ1) is 34.9. The van der Waals surface area contributed by atoms with Crippen molar-refractivity contribution in [3.63, 3.8) is 0 Å². The Morgan fingerprint density at radius 2 is 0.829 bits per heavy atom. The van der Waals surface area contributed by atoms with E-state index < -0.39 is 0 Å². The molecule has 0 aliphatic carbocycles. The van der Waals surface area contributed by atoms with Crippen molar-refractivity contribution < 1.29 is 4.74 Å². The van der Waals surface area contributed by atoms with Crippen LogP contribution in [0.4, 0.5) is 0 Å². The highest BCUT2D eigenvalue weighted by Crippen LogP contribution is 2.23. The summed E-state index contributed by atoms with van der Waals surface area (Å²) >= 11 is 0. The standard InChI is InChI=1S/C33H69NO/c1-6-10-14-18-23-32(24-19-15-11-7-2)26-21-30-35-31-29-34(5)28-27-33(22-17-13-9-4)25-20-16-12-8-3/h32-33H,6-31H2,1-5H3. The number of likely N-dealkylation sites (N-methyl/N-ethyl adjacent to an activating group) is 1. The maximum absolute atomic E-state index is 6.08. The fraction of sp³-hybridized carbons (Fsp3) is 1.00. The van der Waals surface area contributed by atoms with Crippen LogP contribution in [-0.4, -0.2) is 38.3 Å². The van der Waals surface area contributed by atoms with Crippen LogP contribution in [0, 0.1) is 11.8 Å². The zero-order valence-electron chi connectivity index (χ0n) is 25.4. The Labute approximate surface area is 223 Å². The van der Waals surface area contributed by atoms with Gasteiger partial charge in [0.15, 0.2) is 0 Å². The molecule has 0 rings (SSSR count). The van der Waals surface area contributed by atoms with Gasteiger partial charge in [-0.25, -0.2) is 0 Å². The van der Waals surface area contributed by atoms with Gasteiger partial charge in [-0.15, -0.1) is 0 Å². The molecular weight excluding hydrogens is 426 g/mol. The first-order valence-electron chi connectivity index (χ1n) is 16.4. The van der Waals surface area contributed by atoms with E-state index in [2.05, 4.69) is 39.6 Å². The number of nitrogens with zero attached hydrogens (tertiary/aromatic N) is 1. The first-order valence-corrected chi connectivity index (χ1v) is 16.4. The molecule has 0 aromatic carbocycles. The van der Waals surface area contributed by atoms with Crippen molar-refractivity contribution in [2.45, 2.75) is 169 Å². The minimum absolute atomic E-state index is 0.908. The highest BCUT2D eigenvalue weighted by molar-refractivity contribution is 4.64. The monoisotopic (exact) mass is 496 g/mol. The summed E-state index contributed by atoms with van der Waals surface area (Å²) in [4.78, 5) is 2.52. The molecule has 0 N–H and O–H groups in total. The van der Waals surface area contributed by atoms with Crippen LogP contribution in [0.3, 0.4) is 0 Å². The quantitative estimate of drug-likeness (QED) is 0.0956. The number of unbranched alkanes of at least 4 members (excludes halogenated alkanes) is 11. The highest BCUT2D eigenvalue weighted by atomic mass is 16.5. The van der Waals surface area contributed by atoms with Crippen molar-refractivity contribution in [2.24, 2.45) is 11.8 Å². The summed E-state index contributed by atoms with van der Waals surface area (Å²) in [7, 11) is 2.30. The Morgan fingerprint density at radius 3 is 1.31 bits per heavy atom. The molecule has 0 saturated heterocycles. The fourth-order valence-corrected chi connectivity index (χ4v) is 5.44. The van der Waals surface area contributed by atoms with Crippen molar-refractivity contribution in [2.75, 3.05) is 33.4 Å². The Hall–Kier alpha value is -0.0800. The Morgan fingerprint density at radius 1 is 0.429 bits per heavy atom. The van der Waals surface area contributed by atoms with Gasteiger partial charge in [-0.3, -0.25) is 0 Å². The Bertz CT molecular complexity index is 373. The van der Waals surface area contributed by atoms with E-state index in [9.17, 15) is 0 Å². The minimum atomic E-state index is 0.908. The predicted molar refractivity (Wildman–Crippen MR) is 160 cm³/mol. The zero-order chi connectivity index (χ0) is 25.8. The van der Waals surface area contributed by atoms with Gasteiger partial charge in [-0.1, -0.05) is 150 Å². The van der Waals surface area contributed by atoms with Crippen LogP contribution in [0.1, 0.15) is 169 Å². The molecule has 0 aliphatic rings. The van der Waals surface area contributed by atoms with E-state index >= 15 is 0 Å². The van der Waals surface area contributed by atoms with Gasteiger partial charge in [-0.2, -0.15) is 0 Å². The van der Waals surface area contributed by atoms with E-state index in [1.807, 2.05) is 0 Å². The molecule has 0 heterocycles. The first-order chi connectivity index (χ1) is 17.2. The van der Waals surface area contributed by atoms with Gasteiger partial charge in [0.1, 0.15) is 0 Å². The summed E-state index contributed by atoms with van der Waals surface area (Å²) in [5, 5.41) is 0. The SMILES string of the molecule is CCCCCCC(CCCCCC)CCCOCCN(C)CCC(CCCCC)CCCCCC. The van der Waals surface area contributed by atoms with E-state index in [0.717, 1.165) is 31.6 Å². The lowest BCUT2D eigenvalue weighted by Gasteiger charge is -2.22. The van der Waals surface area contributed by atoms with Crippen LogP contribution in [0.5, 0.6) is 0 Å². The van der Waals surface area contributed by atoms with E-state index in [0.29, 0.717) is 0 Å². The van der Waals surface area contributed by atoms with Crippen LogP contribution in [0.2, 0.25) is 0 Å². The third-order valence-electron chi connectivity index (χ3n) is 8.05. The van der Waals surface area contributed by atoms with Gasteiger partial charge in [0, 0.05) is 13.2 Å². The number of ether oxygens (including phenoxy) is 1. The van der Waals surface area contributed by atoms with Gasteiger partial charge in [-0.05, 0) is 44.7 Å². The number of rotatable bonds is 29. The lowest BCUT2D eigenvalue weighted by molar-refractivity contribution is 0.103. The van der Waals surface area contributed by atoms with E-state index in [1.54, 1.807) is 0 Å². The Balaban J connectivity index is 4.00. The summed E-state index contributed by atoms with van der Waals surface area (Å²) in [5.41, 5.74) is 0. The molecule has 0 radical (unpaired) electrons. The van der Waals surface area contributed by atoms with Crippen molar-refractivity contribution in [1.29, 1.82) is 0 Å². The van der Waals surface area contributed by atoms with Gasteiger partial charge in [0.2, 0.25) is 0 Å². The third kappa shape index (κ3) is 25.4. The summed E-state index contributed by atoms with van der Waals surface area (Å²) in [6.07, 6.45) is 30.9. The molecule has 0 amide bonds. The average Bonchev–Trinajstić information content (AvgIpc) is 2.86. The van der Waals surface area contributed by atoms with E-state index in [1.165, 1.54) is 148 Å². The molecule has 0 aliphatic heterocycles. The van der Waals surface area contributed by atoms with E-state index in [-0.39, 0.29) is 0 Å². The normalized spacial score (nSPS) is 12.8. The molecule has 0 spiro atoms. The van der Waals surface area contributed by atoms with E-state index in [4.69, 9.17) is 4.74 Å². The maximum Gasteiger partial charge on any atom is 0.0593 e. The molecule has 0 aromatic heterocycles. The third-order valence-corrected chi connectivity index (χ3v) is 8.05. The topological polar surface area (TPSA) is 12.5 Å². The van der Waals surface area contributed by atoms with Crippen molar-refractivity contribution >= 4 is 0 Å². The van der Waals surface area contributed by atoms with Crippen molar-refractivity contribution in [3.05, 3.63) is 0 Å². The molecule has 1 atom stereocenters. The molecule has 1 unspecified atom stereocenters. The predicted octanol–water partition coefficient (Wildman–Crippen LogP) is 10.8. The number of hydrogen-bond acceptors (Lipinski definition) is 2. The molecule has 0 saturated carbocycles. The highest BCUT2D eigenvalue weighted by Gasteiger charge is 2.11. The van der Waals surface area contributed by atoms with Crippen LogP contribution >= 0.6 is 0 Å². The molecular formula is C33H69NO. The van der Waals surface area contributed by atoms with Crippen LogP contribution in [0.15, 0.2) is 0 Å². The zero-order valence-corrected chi connectivity index (χ0v) is 25.4. The fourth-order valence-electron chi connectivity index (χ4n) is 5.44.